The summed E-state index contributed by atoms with van der Waals surface area (Å²) in [4.78, 5) is 22.3. The van der Waals surface area contributed by atoms with Crippen LogP contribution in [0.3, 0.4) is 0 Å². The summed E-state index contributed by atoms with van der Waals surface area (Å²) in [5.74, 6) is 0. The van der Waals surface area contributed by atoms with Crippen LogP contribution in [0, 0.1) is 17.0 Å². The van der Waals surface area contributed by atoms with Crippen LogP contribution in [0.4, 0.5) is 11.4 Å². The number of hydrogen-bond acceptors (Lipinski definition) is 4. The fraction of sp³-hybridized carbons (Fsp3) is 0.154. The minimum Gasteiger partial charge on any atom is -0.398 e. The summed E-state index contributed by atoms with van der Waals surface area (Å²) in [6, 6.07) is 5.92. The molecule has 104 valence electrons. The van der Waals surface area contributed by atoms with Gasteiger partial charge in [0, 0.05) is 39.6 Å². The molecular weight excluding hydrogens is 326 g/mol. The topological polar surface area (TPSA) is 91.2 Å². The van der Waals surface area contributed by atoms with Gasteiger partial charge in [-0.2, -0.15) is 0 Å². The highest BCUT2D eigenvalue weighted by Gasteiger charge is 2.11. The molecule has 0 radical (unpaired) electrons. The van der Waals surface area contributed by atoms with Crippen LogP contribution >= 0.6 is 15.9 Å². The molecule has 2 rings (SSSR count). The molecule has 2 N–H and O–H groups in total. The maximum Gasteiger partial charge on any atom is 0.269 e. The first-order valence-electron chi connectivity index (χ1n) is 5.78. The number of hydrogen-bond donors (Lipinski definition) is 1. The van der Waals surface area contributed by atoms with E-state index in [9.17, 15) is 14.9 Å². The molecule has 0 saturated carbocycles. The van der Waals surface area contributed by atoms with Crippen LogP contribution < -0.4 is 11.3 Å². The summed E-state index contributed by atoms with van der Waals surface area (Å²) >= 11 is 3.32. The lowest BCUT2D eigenvalue weighted by Gasteiger charge is -2.10. The van der Waals surface area contributed by atoms with Gasteiger partial charge >= 0.3 is 0 Å². The van der Waals surface area contributed by atoms with Crippen molar-refractivity contribution in [2.75, 3.05) is 5.73 Å². The molecule has 0 aliphatic carbocycles. The molecule has 0 saturated heterocycles. The molecule has 2 aromatic rings. The van der Waals surface area contributed by atoms with Crippen molar-refractivity contribution in [1.29, 1.82) is 0 Å². The summed E-state index contributed by atoms with van der Waals surface area (Å²) in [5.41, 5.74) is 7.16. The highest BCUT2D eigenvalue weighted by atomic mass is 79.9. The molecule has 0 atom stereocenters. The predicted molar refractivity (Wildman–Crippen MR) is 79.7 cm³/mol. The van der Waals surface area contributed by atoms with Gasteiger partial charge in [-0.05, 0) is 35.0 Å². The van der Waals surface area contributed by atoms with Gasteiger partial charge in [0.05, 0.1) is 11.5 Å². The lowest BCUT2D eigenvalue weighted by molar-refractivity contribution is -0.384. The van der Waals surface area contributed by atoms with E-state index in [1.807, 2.05) is 0 Å². The largest absolute Gasteiger partial charge is 0.398 e. The molecular formula is C13H12BrN3O3. The third-order valence-electron chi connectivity index (χ3n) is 2.91. The van der Waals surface area contributed by atoms with E-state index in [0.29, 0.717) is 16.8 Å². The van der Waals surface area contributed by atoms with Crippen LogP contribution in [-0.4, -0.2) is 9.49 Å². The number of nitrogens with two attached hydrogens (primary N) is 1. The van der Waals surface area contributed by atoms with Gasteiger partial charge < -0.3 is 10.3 Å². The van der Waals surface area contributed by atoms with Crippen LogP contribution in [0.2, 0.25) is 0 Å². The van der Waals surface area contributed by atoms with Crippen molar-refractivity contribution in [3.8, 4) is 0 Å². The van der Waals surface area contributed by atoms with Gasteiger partial charge in [0.15, 0.2) is 0 Å². The zero-order chi connectivity index (χ0) is 14.9. The number of nitrogens with zero attached hydrogens (tertiary/aromatic N) is 2. The van der Waals surface area contributed by atoms with E-state index in [2.05, 4.69) is 15.9 Å². The Morgan fingerprint density at radius 3 is 2.75 bits per heavy atom. The number of halogens is 1. The Bertz CT molecular complexity index is 740. The van der Waals surface area contributed by atoms with Crippen molar-refractivity contribution >= 4 is 27.3 Å². The van der Waals surface area contributed by atoms with E-state index in [1.54, 1.807) is 19.2 Å². The molecule has 0 spiro atoms. The lowest BCUT2D eigenvalue weighted by Crippen LogP contribution is -2.22. The zero-order valence-electron chi connectivity index (χ0n) is 10.7. The molecule has 0 aliphatic heterocycles. The molecule has 1 heterocycles. The number of nitro groups is 1. The molecule has 0 aliphatic rings. The average Bonchev–Trinajstić information content (AvgIpc) is 2.37. The highest BCUT2D eigenvalue weighted by Crippen LogP contribution is 2.20. The summed E-state index contributed by atoms with van der Waals surface area (Å²) in [6.45, 7) is 1.90. The average molecular weight is 338 g/mol. The maximum atomic E-state index is 12.0. The molecule has 20 heavy (non-hydrogen) atoms. The third kappa shape index (κ3) is 2.88. The predicted octanol–water partition coefficient (Wildman–Crippen LogP) is 2.46. The smallest absolute Gasteiger partial charge is 0.269 e. The standard InChI is InChI=1S/C13H12BrN3O3/c1-8-4-10(14)7-16(13(8)18)6-9-5-11(17(19)20)2-3-12(9)15/h2-5,7H,6,15H2,1H3. The van der Waals surface area contributed by atoms with Gasteiger partial charge in [-0.25, -0.2) is 0 Å². The molecule has 0 amide bonds. The van der Waals surface area contributed by atoms with Gasteiger partial charge in [-0.1, -0.05) is 0 Å². The first-order chi connectivity index (χ1) is 9.38. The molecule has 6 nitrogen and oxygen atoms in total. The summed E-state index contributed by atoms with van der Waals surface area (Å²) in [7, 11) is 0. The highest BCUT2D eigenvalue weighted by molar-refractivity contribution is 9.10. The fourth-order valence-electron chi connectivity index (χ4n) is 1.88. The second-order valence-corrected chi connectivity index (χ2v) is 5.33. The van der Waals surface area contributed by atoms with Crippen molar-refractivity contribution in [2.24, 2.45) is 0 Å². The summed E-state index contributed by atoms with van der Waals surface area (Å²) in [5, 5.41) is 10.8. The van der Waals surface area contributed by atoms with Crippen molar-refractivity contribution in [3.05, 3.63) is 66.5 Å². The molecule has 1 aromatic carbocycles. The van der Waals surface area contributed by atoms with E-state index < -0.39 is 4.92 Å². The Hall–Kier alpha value is -2.15. The summed E-state index contributed by atoms with van der Waals surface area (Å²) < 4.78 is 2.23. The number of pyridine rings is 1. The number of non-ortho nitro benzene ring substituents is 1. The van der Waals surface area contributed by atoms with Crippen molar-refractivity contribution in [2.45, 2.75) is 13.5 Å². The molecule has 0 bridgehead atoms. The van der Waals surface area contributed by atoms with Crippen molar-refractivity contribution in [3.63, 3.8) is 0 Å². The number of rotatable bonds is 3. The van der Waals surface area contributed by atoms with Crippen molar-refractivity contribution < 1.29 is 4.92 Å². The number of aromatic nitrogens is 1. The van der Waals surface area contributed by atoms with E-state index in [1.165, 1.54) is 22.8 Å². The van der Waals surface area contributed by atoms with E-state index in [0.717, 1.165) is 4.47 Å². The first-order valence-corrected chi connectivity index (χ1v) is 6.57. The fourth-order valence-corrected chi connectivity index (χ4v) is 2.47. The zero-order valence-corrected chi connectivity index (χ0v) is 12.3. The van der Waals surface area contributed by atoms with E-state index >= 15 is 0 Å². The van der Waals surface area contributed by atoms with Crippen LogP contribution in [0.25, 0.3) is 0 Å². The van der Waals surface area contributed by atoms with Gasteiger partial charge in [0.25, 0.3) is 11.2 Å². The molecule has 1 aromatic heterocycles. The molecule has 7 heteroatoms. The molecule has 0 fully saturated rings. The Kier molecular flexibility index (Phi) is 3.89. The van der Waals surface area contributed by atoms with Crippen LogP contribution in [-0.2, 0) is 6.54 Å². The van der Waals surface area contributed by atoms with Crippen LogP contribution in [0.5, 0.6) is 0 Å². The minimum atomic E-state index is -0.488. The Labute approximate surface area is 123 Å². The Balaban J connectivity index is 2.47. The normalized spacial score (nSPS) is 10.5. The number of aryl methyl sites for hydroxylation is 1. The number of anilines is 1. The van der Waals surface area contributed by atoms with Crippen molar-refractivity contribution in [1.82, 2.24) is 4.57 Å². The maximum absolute atomic E-state index is 12.0. The summed E-state index contributed by atoms with van der Waals surface area (Å²) in [6.07, 6.45) is 1.63. The quantitative estimate of drug-likeness (QED) is 0.529. The second kappa shape index (κ2) is 5.46. The Morgan fingerprint density at radius 1 is 1.40 bits per heavy atom. The van der Waals surface area contributed by atoms with Crippen LogP contribution in [0.15, 0.2) is 39.7 Å². The van der Waals surface area contributed by atoms with E-state index in [-0.39, 0.29) is 17.8 Å². The van der Waals surface area contributed by atoms with Gasteiger partial charge in [0.2, 0.25) is 0 Å². The van der Waals surface area contributed by atoms with Gasteiger partial charge in [-0.3, -0.25) is 14.9 Å². The molecule has 0 unspecified atom stereocenters. The van der Waals surface area contributed by atoms with E-state index in [4.69, 9.17) is 5.73 Å². The van der Waals surface area contributed by atoms with Crippen LogP contribution in [0.1, 0.15) is 11.1 Å². The third-order valence-corrected chi connectivity index (χ3v) is 3.34. The number of nitro benzene ring substituents is 1. The van der Waals surface area contributed by atoms with Gasteiger partial charge in [-0.15, -0.1) is 0 Å². The first kappa shape index (κ1) is 14.3. The minimum absolute atomic E-state index is 0.0473. The van der Waals surface area contributed by atoms with Gasteiger partial charge in [0.1, 0.15) is 0 Å². The monoisotopic (exact) mass is 337 g/mol. The Morgan fingerprint density at radius 2 is 2.10 bits per heavy atom. The SMILES string of the molecule is Cc1cc(Br)cn(Cc2cc([N+](=O)[O-])ccc2N)c1=O. The number of benzene rings is 1. The lowest BCUT2D eigenvalue weighted by atomic mass is 10.1. The number of nitrogen functional groups attached to an aromatic ring is 1. The second-order valence-electron chi connectivity index (χ2n) is 4.41.